The highest BCUT2D eigenvalue weighted by Gasteiger charge is 2.15. The number of halogens is 1. The molecule has 1 aromatic heterocycles. The Balaban J connectivity index is 2.28. The summed E-state index contributed by atoms with van der Waals surface area (Å²) in [7, 11) is 1.46. The van der Waals surface area contributed by atoms with Gasteiger partial charge < -0.3 is 15.8 Å². The second kappa shape index (κ2) is 7.04. The third-order valence-corrected chi connectivity index (χ3v) is 3.39. The fourth-order valence-corrected chi connectivity index (χ4v) is 2.28. The van der Waals surface area contributed by atoms with Gasteiger partial charge in [0.1, 0.15) is 0 Å². The van der Waals surface area contributed by atoms with Crippen molar-refractivity contribution in [3.63, 3.8) is 0 Å². The van der Waals surface area contributed by atoms with E-state index in [9.17, 15) is 4.39 Å². The monoisotopic (exact) mass is 289 g/mol. The predicted molar refractivity (Wildman–Crippen MR) is 81.7 cm³/mol. The van der Waals surface area contributed by atoms with Crippen molar-refractivity contribution in [2.24, 2.45) is 0 Å². The van der Waals surface area contributed by atoms with Crippen LogP contribution >= 0.6 is 0 Å². The lowest BCUT2D eigenvalue weighted by atomic mass is 9.98. The van der Waals surface area contributed by atoms with Crippen LogP contribution < -0.4 is 15.8 Å². The normalized spacial score (nSPS) is 12.1. The zero-order valence-electron chi connectivity index (χ0n) is 12.3. The second-order valence-corrected chi connectivity index (χ2v) is 4.78. The Bertz CT molecular complexity index is 604. The van der Waals surface area contributed by atoms with Crippen molar-refractivity contribution < 1.29 is 9.13 Å². The number of anilines is 1. The highest BCUT2D eigenvalue weighted by atomic mass is 19.1. The summed E-state index contributed by atoms with van der Waals surface area (Å²) < 4.78 is 18.6. The number of likely N-dealkylation sites (N-methyl/N-ethyl adjacent to an activating group) is 1. The third kappa shape index (κ3) is 3.70. The van der Waals surface area contributed by atoms with Crippen molar-refractivity contribution in [3.05, 3.63) is 53.6 Å². The molecule has 2 aromatic rings. The Morgan fingerprint density at radius 3 is 2.86 bits per heavy atom. The van der Waals surface area contributed by atoms with Crippen molar-refractivity contribution in [2.45, 2.75) is 19.4 Å². The van der Waals surface area contributed by atoms with Gasteiger partial charge in [-0.15, -0.1) is 0 Å². The van der Waals surface area contributed by atoms with Gasteiger partial charge in [-0.05, 0) is 42.3 Å². The number of methoxy groups -OCH3 is 1. The van der Waals surface area contributed by atoms with Crippen molar-refractivity contribution in [1.82, 2.24) is 10.3 Å². The maximum Gasteiger partial charge on any atom is 0.165 e. The Morgan fingerprint density at radius 1 is 1.38 bits per heavy atom. The van der Waals surface area contributed by atoms with E-state index < -0.39 is 0 Å². The number of aromatic nitrogens is 1. The molecule has 0 spiro atoms. The Morgan fingerprint density at radius 2 is 2.19 bits per heavy atom. The summed E-state index contributed by atoms with van der Waals surface area (Å²) in [5, 5.41) is 3.38. The molecule has 0 aliphatic rings. The number of hydrogen-bond acceptors (Lipinski definition) is 4. The summed E-state index contributed by atoms with van der Waals surface area (Å²) in [6.45, 7) is 2.82. The summed E-state index contributed by atoms with van der Waals surface area (Å²) in [4.78, 5) is 4.11. The van der Waals surface area contributed by atoms with Crippen LogP contribution in [-0.2, 0) is 6.42 Å². The van der Waals surface area contributed by atoms with Gasteiger partial charge in [-0.2, -0.15) is 0 Å². The number of nitrogens with zero attached hydrogens (tertiary/aromatic N) is 1. The zero-order chi connectivity index (χ0) is 15.2. The van der Waals surface area contributed by atoms with E-state index in [2.05, 4.69) is 10.3 Å². The largest absolute Gasteiger partial charge is 0.494 e. The lowest BCUT2D eigenvalue weighted by Crippen LogP contribution is -2.23. The van der Waals surface area contributed by atoms with Gasteiger partial charge in [-0.3, -0.25) is 4.98 Å². The first-order valence-corrected chi connectivity index (χ1v) is 6.90. The van der Waals surface area contributed by atoms with Crippen molar-refractivity contribution >= 4 is 5.69 Å². The van der Waals surface area contributed by atoms with E-state index in [-0.39, 0.29) is 17.6 Å². The quantitative estimate of drug-likeness (QED) is 0.858. The minimum Gasteiger partial charge on any atom is -0.494 e. The fourth-order valence-electron chi connectivity index (χ4n) is 2.28. The Hall–Kier alpha value is -2.14. The summed E-state index contributed by atoms with van der Waals surface area (Å²) >= 11 is 0. The fraction of sp³-hybridized carbons (Fsp3) is 0.312. The van der Waals surface area contributed by atoms with Crippen molar-refractivity contribution in [2.75, 3.05) is 19.4 Å². The number of nitrogens with one attached hydrogen (secondary N) is 1. The summed E-state index contributed by atoms with van der Waals surface area (Å²) in [5.74, 6) is -0.119. The molecule has 0 aliphatic heterocycles. The first-order chi connectivity index (χ1) is 10.2. The molecule has 1 unspecified atom stereocenters. The van der Waals surface area contributed by atoms with E-state index >= 15 is 0 Å². The molecule has 0 saturated carbocycles. The molecule has 1 heterocycles. The van der Waals surface area contributed by atoms with Gasteiger partial charge >= 0.3 is 0 Å². The minimum absolute atomic E-state index is 0.0241. The SMILES string of the molecule is CCNC(Cc1cnccc1N)c1ccc(F)c(OC)c1. The van der Waals surface area contributed by atoms with Gasteiger partial charge in [0, 0.05) is 24.1 Å². The third-order valence-electron chi connectivity index (χ3n) is 3.39. The molecular formula is C16H20FN3O. The Kier molecular flexibility index (Phi) is 5.11. The van der Waals surface area contributed by atoms with E-state index in [1.807, 2.05) is 6.92 Å². The van der Waals surface area contributed by atoms with Crippen LogP contribution in [0.1, 0.15) is 24.1 Å². The first-order valence-electron chi connectivity index (χ1n) is 6.90. The van der Waals surface area contributed by atoms with Crippen LogP contribution in [0, 0.1) is 5.82 Å². The smallest absolute Gasteiger partial charge is 0.165 e. The first kappa shape index (κ1) is 15.3. The Labute approximate surface area is 124 Å². The molecule has 1 aromatic carbocycles. The summed E-state index contributed by atoms with van der Waals surface area (Å²) in [6.07, 6.45) is 4.12. The molecule has 5 heteroatoms. The molecule has 0 aliphatic carbocycles. The average molecular weight is 289 g/mol. The lowest BCUT2D eigenvalue weighted by molar-refractivity contribution is 0.384. The molecule has 21 heavy (non-hydrogen) atoms. The molecule has 112 valence electrons. The molecular weight excluding hydrogens is 269 g/mol. The van der Waals surface area contributed by atoms with Crippen LogP contribution in [0.25, 0.3) is 0 Å². The number of nitrogen functional groups attached to an aromatic ring is 1. The average Bonchev–Trinajstić information content (AvgIpc) is 2.49. The molecule has 0 saturated heterocycles. The number of pyridine rings is 1. The maximum absolute atomic E-state index is 13.5. The number of hydrogen-bond donors (Lipinski definition) is 2. The molecule has 0 bridgehead atoms. The van der Waals surface area contributed by atoms with Gasteiger partial charge in [-0.1, -0.05) is 13.0 Å². The van der Waals surface area contributed by atoms with E-state index in [0.717, 1.165) is 17.7 Å². The topological polar surface area (TPSA) is 60.2 Å². The highest BCUT2D eigenvalue weighted by molar-refractivity contribution is 5.45. The van der Waals surface area contributed by atoms with Crippen LogP contribution in [-0.4, -0.2) is 18.6 Å². The van der Waals surface area contributed by atoms with Crippen LogP contribution in [0.4, 0.5) is 10.1 Å². The number of rotatable bonds is 6. The van der Waals surface area contributed by atoms with Gasteiger partial charge in [0.05, 0.1) is 7.11 Å². The molecule has 0 amide bonds. The zero-order valence-corrected chi connectivity index (χ0v) is 12.3. The van der Waals surface area contributed by atoms with E-state index in [4.69, 9.17) is 10.5 Å². The molecule has 2 rings (SSSR count). The molecule has 0 radical (unpaired) electrons. The number of nitrogens with two attached hydrogens (primary N) is 1. The van der Waals surface area contributed by atoms with Crippen molar-refractivity contribution in [3.8, 4) is 5.75 Å². The number of ether oxygens (including phenoxy) is 1. The second-order valence-electron chi connectivity index (χ2n) is 4.78. The van der Waals surface area contributed by atoms with E-state index in [1.54, 1.807) is 30.6 Å². The molecule has 4 nitrogen and oxygen atoms in total. The van der Waals surface area contributed by atoms with Gasteiger partial charge in [-0.25, -0.2) is 4.39 Å². The molecule has 1 atom stereocenters. The van der Waals surface area contributed by atoms with Crippen LogP contribution in [0.5, 0.6) is 5.75 Å². The van der Waals surface area contributed by atoms with Gasteiger partial charge in [0.25, 0.3) is 0 Å². The molecule has 3 N–H and O–H groups in total. The number of benzene rings is 1. The molecule has 0 fully saturated rings. The van der Waals surface area contributed by atoms with E-state index in [0.29, 0.717) is 12.1 Å². The van der Waals surface area contributed by atoms with Crippen molar-refractivity contribution in [1.29, 1.82) is 0 Å². The summed E-state index contributed by atoms with van der Waals surface area (Å²) in [5.41, 5.74) is 8.60. The maximum atomic E-state index is 13.5. The van der Waals surface area contributed by atoms with Gasteiger partial charge in [0.15, 0.2) is 11.6 Å². The predicted octanol–water partition coefficient (Wildman–Crippen LogP) is 2.70. The standard InChI is InChI=1S/C16H20FN3O/c1-3-20-15(8-12-10-19-7-6-14(12)18)11-4-5-13(17)16(9-11)21-2/h4-7,9-10,15,20H,3,8H2,1-2H3,(H2,18,19). The van der Waals surface area contributed by atoms with Gasteiger partial charge in [0.2, 0.25) is 0 Å². The van der Waals surface area contributed by atoms with Crippen LogP contribution in [0.2, 0.25) is 0 Å². The summed E-state index contributed by atoms with van der Waals surface area (Å²) in [6, 6.07) is 6.71. The minimum atomic E-state index is -0.364. The van der Waals surface area contributed by atoms with Crippen LogP contribution in [0.15, 0.2) is 36.7 Å². The lowest BCUT2D eigenvalue weighted by Gasteiger charge is -2.20. The highest BCUT2D eigenvalue weighted by Crippen LogP contribution is 2.26. The van der Waals surface area contributed by atoms with Crippen LogP contribution in [0.3, 0.4) is 0 Å². The van der Waals surface area contributed by atoms with E-state index in [1.165, 1.54) is 13.2 Å².